The molecular formula is C20H24F3N9O. The van der Waals surface area contributed by atoms with Crippen LogP contribution in [0, 0.1) is 11.3 Å². The number of aliphatic hydroxyl groups is 1. The Balaban J connectivity index is 1.72. The summed E-state index contributed by atoms with van der Waals surface area (Å²) in [4.78, 5) is 8.71. The van der Waals surface area contributed by atoms with Crippen LogP contribution in [0.2, 0.25) is 0 Å². The van der Waals surface area contributed by atoms with E-state index in [-0.39, 0.29) is 34.9 Å². The van der Waals surface area contributed by atoms with Gasteiger partial charge in [-0.25, -0.2) is 28.2 Å². The molecule has 0 amide bonds. The van der Waals surface area contributed by atoms with Gasteiger partial charge in [-0.1, -0.05) is 0 Å². The number of hydrogen-bond acceptors (Lipinski definition) is 9. The lowest BCUT2D eigenvalue weighted by atomic mass is 9.93. The minimum absolute atomic E-state index is 0.0498. The summed E-state index contributed by atoms with van der Waals surface area (Å²) in [7, 11) is 1.64. The summed E-state index contributed by atoms with van der Waals surface area (Å²) in [5, 5.41) is 26.0. The van der Waals surface area contributed by atoms with Gasteiger partial charge in [-0.05, 0) is 37.8 Å². The first-order chi connectivity index (χ1) is 15.9. The Bertz CT molecular complexity index is 1150. The maximum atomic E-state index is 15.1. The van der Waals surface area contributed by atoms with Crippen molar-refractivity contribution < 1.29 is 18.3 Å². The van der Waals surface area contributed by atoms with Gasteiger partial charge in [0.05, 0.1) is 30.1 Å². The van der Waals surface area contributed by atoms with E-state index in [0.29, 0.717) is 30.1 Å². The average molecular weight is 463 g/mol. The number of alkyl halides is 2. The number of fused-ring (bicyclic) bond motifs is 1. The number of anilines is 3. The molecule has 4 rings (SSSR count). The van der Waals surface area contributed by atoms with E-state index in [0.717, 1.165) is 12.8 Å². The van der Waals surface area contributed by atoms with Crippen LogP contribution in [-0.4, -0.2) is 56.9 Å². The molecule has 0 radical (unpaired) electrons. The fourth-order valence-corrected chi connectivity index (χ4v) is 3.92. The summed E-state index contributed by atoms with van der Waals surface area (Å²) in [5.74, 6) is -0.0151. The maximum Gasteiger partial charge on any atom is 0.255 e. The molecule has 3 aromatic heterocycles. The third kappa shape index (κ3) is 4.82. The molecule has 0 unspecified atom stereocenters. The first kappa shape index (κ1) is 22.7. The van der Waals surface area contributed by atoms with Crippen LogP contribution in [0.15, 0.2) is 23.4 Å². The molecule has 0 aromatic carbocycles. The van der Waals surface area contributed by atoms with Gasteiger partial charge in [0, 0.05) is 13.1 Å². The van der Waals surface area contributed by atoms with Gasteiger partial charge in [0.2, 0.25) is 5.95 Å². The van der Waals surface area contributed by atoms with E-state index in [1.165, 1.54) is 22.8 Å². The zero-order valence-corrected chi connectivity index (χ0v) is 17.8. The van der Waals surface area contributed by atoms with Crippen molar-refractivity contribution in [1.82, 2.24) is 19.6 Å². The fraction of sp³-hybridized carbons (Fsp3) is 0.450. The second-order valence-corrected chi connectivity index (χ2v) is 7.78. The van der Waals surface area contributed by atoms with E-state index in [9.17, 15) is 13.9 Å². The van der Waals surface area contributed by atoms with Crippen molar-refractivity contribution in [2.24, 2.45) is 5.11 Å². The molecule has 176 valence electrons. The van der Waals surface area contributed by atoms with E-state index in [2.05, 4.69) is 36.1 Å². The summed E-state index contributed by atoms with van der Waals surface area (Å²) >= 11 is 0. The molecule has 0 spiro atoms. The molecular weight excluding hydrogens is 439 g/mol. The molecule has 1 fully saturated rings. The molecule has 3 heterocycles. The Labute approximate surface area is 187 Å². The molecule has 0 atom stereocenters. The van der Waals surface area contributed by atoms with Crippen molar-refractivity contribution in [3.05, 3.63) is 24.1 Å². The lowest BCUT2D eigenvalue weighted by molar-refractivity contribution is 0.126. The molecule has 1 saturated carbocycles. The Hall–Kier alpha value is -3.48. The lowest BCUT2D eigenvalue weighted by Gasteiger charge is -2.26. The predicted molar refractivity (Wildman–Crippen MR) is 117 cm³/mol. The van der Waals surface area contributed by atoms with Crippen LogP contribution in [-0.2, 0) is 0 Å². The standard InChI is InChI=1S/C20H24F3N9O/c1-25-19-17-16(13-6-7-14(30-24)18(28-13)26-8-15(22)23)12(21)9-32(17)31-20(29-19)27-10-2-4-11(33)5-3-10/h6-7,9-11,15,24,33H,2-5,8H2,1H3,(H,26,28)(H2,25,27,29,31). The van der Waals surface area contributed by atoms with Crippen molar-refractivity contribution in [2.75, 3.05) is 29.5 Å². The largest absolute Gasteiger partial charge is 0.393 e. The summed E-state index contributed by atoms with van der Waals surface area (Å²) in [6, 6.07) is 2.96. The summed E-state index contributed by atoms with van der Waals surface area (Å²) in [6.07, 6.45) is 1.19. The molecule has 0 saturated heterocycles. The van der Waals surface area contributed by atoms with Gasteiger partial charge in [0.15, 0.2) is 17.5 Å². The smallest absolute Gasteiger partial charge is 0.255 e. The zero-order chi connectivity index (χ0) is 23.5. The van der Waals surface area contributed by atoms with Crippen molar-refractivity contribution in [3.63, 3.8) is 0 Å². The minimum atomic E-state index is -2.64. The first-order valence-electron chi connectivity index (χ1n) is 10.5. The van der Waals surface area contributed by atoms with Crippen LogP contribution in [0.25, 0.3) is 16.8 Å². The molecule has 1 aliphatic rings. The number of rotatable bonds is 8. The number of pyridine rings is 1. The van der Waals surface area contributed by atoms with Crippen LogP contribution in [0.3, 0.4) is 0 Å². The van der Waals surface area contributed by atoms with Gasteiger partial charge < -0.3 is 21.1 Å². The quantitative estimate of drug-likeness (QED) is 0.318. The Morgan fingerprint density at radius 2 is 1.97 bits per heavy atom. The van der Waals surface area contributed by atoms with Crippen LogP contribution in [0.5, 0.6) is 0 Å². The molecule has 0 aliphatic heterocycles. The number of aromatic nitrogens is 4. The lowest BCUT2D eigenvalue weighted by Crippen LogP contribution is -2.29. The van der Waals surface area contributed by atoms with Crippen LogP contribution in [0.4, 0.5) is 36.4 Å². The monoisotopic (exact) mass is 463 g/mol. The maximum absolute atomic E-state index is 15.1. The second kappa shape index (κ2) is 9.57. The minimum Gasteiger partial charge on any atom is -0.393 e. The van der Waals surface area contributed by atoms with Gasteiger partial charge in [0.25, 0.3) is 6.43 Å². The van der Waals surface area contributed by atoms with Gasteiger partial charge in [-0.15, -0.1) is 5.10 Å². The zero-order valence-electron chi connectivity index (χ0n) is 17.8. The van der Waals surface area contributed by atoms with Crippen molar-refractivity contribution >= 4 is 28.8 Å². The average Bonchev–Trinajstić information content (AvgIpc) is 3.14. The van der Waals surface area contributed by atoms with E-state index >= 15 is 4.39 Å². The first-order valence-corrected chi connectivity index (χ1v) is 10.5. The fourth-order valence-electron chi connectivity index (χ4n) is 3.92. The Morgan fingerprint density at radius 3 is 2.64 bits per heavy atom. The van der Waals surface area contributed by atoms with Crippen LogP contribution in [0.1, 0.15) is 25.7 Å². The van der Waals surface area contributed by atoms with Crippen molar-refractivity contribution in [3.8, 4) is 11.3 Å². The molecule has 10 nitrogen and oxygen atoms in total. The predicted octanol–water partition coefficient (Wildman–Crippen LogP) is 4.03. The summed E-state index contributed by atoms with van der Waals surface area (Å²) < 4.78 is 41.7. The highest BCUT2D eigenvalue weighted by atomic mass is 19.3. The third-order valence-electron chi connectivity index (χ3n) is 5.53. The van der Waals surface area contributed by atoms with Gasteiger partial charge in [-0.2, -0.15) is 10.1 Å². The molecule has 5 N–H and O–H groups in total. The summed E-state index contributed by atoms with van der Waals surface area (Å²) in [5.41, 5.74) is 7.84. The van der Waals surface area contributed by atoms with Gasteiger partial charge in [-0.3, -0.25) is 0 Å². The van der Waals surface area contributed by atoms with Crippen molar-refractivity contribution in [2.45, 2.75) is 44.3 Å². The number of nitrogens with zero attached hydrogens (tertiary/aromatic N) is 5. The molecule has 13 heteroatoms. The second-order valence-electron chi connectivity index (χ2n) is 7.78. The van der Waals surface area contributed by atoms with Crippen LogP contribution >= 0.6 is 0 Å². The normalized spacial score (nSPS) is 18.5. The van der Waals surface area contributed by atoms with Crippen molar-refractivity contribution in [1.29, 1.82) is 5.53 Å². The molecule has 3 aromatic rings. The van der Waals surface area contributed by atoms with Gasteiger partial charge in [0.1, 0.15) is 11.2 Å². The highest BCUT2D eigenvalue weighted by Gasteiger charge is 2.23. The highest BCUT2D eigenvalue weighted by Crippen LogP contribution is 2.35. The topological polar surface area (TPSA) is 136 Å². The molecule has 1 aliphatic carbocycles. The SMILES string of the molecule is CNc1nc(NC2CCC(O)CC2)nn2cc(F)c(-c3ccc(N=N)c(NCC(F)F)n3)c12. The van der Waals surface area contributed by atoms with Gasteiger partial charge >= 0.3 is 0 Å². The van der Waals surface area contributed by atoms with Crippen LogP contribution < -0.4 is 16.0 Å². The number of aliphatic hydroxyl groups excluding tert-OH is 1. The Morgan fingerprint density at radius 1 is 1.21 bits per heavy atom. The van der Waals surface area contributed by atoms with E-state index in [1.54, 1.807) is 7.05 Å². The molecule has 33 heavy (non-hydrogen) atoms. The number of halogens is 3. The van der Waals surface area contributed by atoms with E-state index < -0.39 is 18.8 Å². The molecule has 0 bridgehead atoms. The highest BCUT2D eigenvalue weighted by molar-refractivity contribution is 5.88. The van der Waals surface area contributed by atoms with E-state index in [1.807, 2.05) is 0 Å². The number of nitrogens with one attached hydrogen (secondary N) is 4. The van der Waals surface area contributed by atoms with E-state index in [4.69, 9.17) is 5.53 Å². The number of hydrogen-bond donors (Lipinski definition) is 5. The third-order valence-corrected chi connectivity index (χ3v) is 5.53. The Kier molecular flexibility index (Phi) is 6.58. The summed E-state index contributed by atoms with van der Waals surface area (Å²) in [6.45, 7) is -0.684.